The number of hydrogen-bond acceptors (Lipinski definition) is 3. The van der Waals surface area contributed by atoms with Crippen molar-refractivity contribution in [1.29, 1.82) is 0 Å². The van der Waals surface area contributed by atoms with Crippen LogP contribution in [0.15, 0.2) is 24.3 Å². The first-order valence-corrected chi connectivity index (χ1v) is 6.39. The van der Waals surface area contributed by atoms with E-state index in [1.54, 1.807) is 18.2 Å². The molecule has 2 atom stereocenters. The van der Waals surface area contributed by atoms with Gasteiger partial charge in [-0.05, 0) is 25.3 Å². The summed E-state index contributed by atoms with van der Waals surface area (Å²) in [6.07, 6.45) is 2.45. The Kier molecular flexibility index (Phi) is 5.11. The zero-order valence-electron chi connectivity index (χ0n) is 10.3. The quantitative estimate of drug-likeness (QED) is 0.877. The molecule has 2 unspecified atom stereocenters. The minimum atomic E-state index is -0.921. The molecular weight excluding hydrogens is 235 g/mol. The molecule has 0 aromatic heterocycles. The second-order valence-electron chi connectivity index (χ2n) is 4.56. The number of aliphatic hydroxyl groups is 1. The van der Waals surface area contributed by atoms with Gasteiger partial charge in [-0.25, -0.2) is 4.39 Å². The number of benzene rings is 1. The molecule has 100 valence electrons. The molecule has 18 heavy (non-hydrogen) atoms. The van der Waals surface area contributed by atoms with E-state index in [2.05, 4.69) is 0 Å². The summed E-state index contributed by atoms with van der Waals surface area (Å²) in [7, 11) is 0. The van der Waals surface area contributed by atoms with Gasteiger partial charge in [-0.1, -0.05) is 18.2 Å². The molecule has 0 saturated carbocycles. The summed E-state index contributed by atoms with van der Waals surface area (Å²) < 4.78 is 24.3. The standard InChI is InChI=1S/C14H19FO3/c15-13-7-2-1-6-12(13)14(16)10-17-9-11-5-3-4-8-18-11/h1-2,6-7,11,14,16H,3-5,8-10H2. The highest BCUT2D eigenvalue weighted by Crippen LogP contribution is 2.18. The Bertz CT molecular complexity index is 364. The maximum absolute atomic E-state index is 13.4. The Labute approximate surface area is 107 Å². The third-order valence-electron chi connectivity index (χ3n) is 3.12. The molecule has 0 bridgehead atoms. The number of ether oxygens (including phenoxy) is 2. The van der Waals surface area contributed by atoms with Crippen LogP contribution in [0.25, 0.3) is 0 Å². The van der Waals surface area contributed by atoms with Gasteiger partial charge in [-0.3, -0.25) is 0 Å². The van der Waals surface area contributed by atoms with E-state index in [-0.39, 0.29) is 18.3 Å². The van der Waals surface area contributed by atoms with Crippen molar-refractivity contribution in [3.63, 3.8) is 0 Å². The molecule has 1 fully saturated rings. The van der Waals surface area contributed by atoms with Gasteiger partial charge >= 0.3 is 0 Å². The highest BCUT2D eigenvalue weighted by molar-refractivity contribution is 5.19. The van der Waals surface area contributed by atoms with E-state index in [4.69, 9.17) is 9.47 Å². The number of hydrogen-bond donors (Lipinski definition) is 1. The normalized spacial score (nSPS) is 21.8. The summed E-state index contributed by atoms with van der Waals surface area (Å²) in [5.41, 5.74) is 0.280. The molecule has 0 radical (unpaired) electrons. The van der Waals surface area contributed by atoms with Crippen molar-refractivity contribution in [3.8, 4) is 0 Å². The first-order chi connectivity index (χ1) is 8.77. The van der Waals surface area contributed by atoms with E-state index in [9.17, 15) is 9.50 Å². The van der Waals surface area contributed by atoms with Gasteiger partial charge in [-0.2, -0.15) is 0 Å². The summed E-state index contributed by atoms with van der Waals surface area (Å²) in [5.74, 6) is -0.400. The minimum Gasteiger partial charge on any atom is -0.386 e. The van der Waals surface area contributed by atoms with Crippen LogP contribution in [0, 0.1) is 5.82 Å². The van der Waals surface area contributed by atoms with Gasteiger partial charge in [0.1, 0.15) is 11.9 Å². The zero-order chi connectivity index (χ0) is 12.8. The summed E-state index contributed by atoms with van der Waals surface area (Å²) in [5, 5.41) is 9.83. The third-order valence-corrected chi connectivity index (χ3v) is 3.12. The first-order valence-electron chi connectivity index (χ1n) is 6.39. The van der Waals surface area contributed by atoms with Gasteiger partial charge in [-0.15, -0.1) is 0 Å². The fourth-order valence-electron chi connectivity index (χ4n) is 2.09. The van der Waals surface area contributed by atoms with Crippen molar-refractivity contribution < 1.29 is 19.0 Å². The summed E-state index contributed by atoms with van der Waals surface area (Å²) in [6.45, 7) is 1.34. The van der Waals surface area contributed by atoms with E-state index in [1.165, 1.54) is 6.07 Å². The summed E-state index contributed by atoms with van der Waals surface area (Å²) in [4.78, 5) is 0. The summed E-state index contributed by atoms with van der Waals surface area (Å²) >= 11 is 0. The van der Waals surface area contributed by atoms with E-state index >= 15 is 0 Å². The van der Waals surface area contributed by atoms with Gasteiger partial charge in [0.15, 0.2) is 0 Å². The topological polar surface area (TPSA) is 38.7 Å². The Morgan fingerprint density at radius 1 is 1.39 bits per heavy atom. The van der Waals surface area contributed by atoms with Gasteiger partial charge in [0.2, 0.25) is 0 Å². The second-order valence-corrected chi connectivity index (χ2v) is 4.56. The first kappa shape index (κ1) is 13.5. The molecule has 0 amide bonds. The van der Waals surface area contributed by atoms with Crippen molar-refractivity contribution in [3.05, 3.63) is 35.6 Å². The predicted octanol–water partition coefficient (Wildman–Crippen LogP) is 2.44. The molecule has 4 heteroatoms. The average Bonchev–Trinajstić information content (AvgIpc) is 2.40. The molecule has 1 aromatic rings. The fourth-order valence-corrected chi connectivity index (χ4v) is 2.09. The van der Waals surface area contributed by atoms with Crippen LogP contribution in [0.1, 0.15) is 30.9 Å². The highest BCUT2D eigenvalue weighted by atomic mass is 19.1. The lowest BCUT2D eigenvalue weighted by Gasteiger charge is -2.23. The van der Waals surface area contributed by atoms with E-state index in [1.807, 2.05) is 0 Å². The number of rotatable bonds is 5. The maximum atomic E-state index is 13.4. The molecule has 2 rings (SSSR count). The van der Waals surface area contributed by atoms with Crippen LogP contribution >= 0.6 is 0 Å². The van der Waals surface area contributed by atoms with Gasteiger partial charge in [0.05, 0.1) is 19.3 Å². The molecule has 1 saturated heterocycles. The zero-order valence-corrected chi connectivity index (χ0v) is 10.3. The van der Waals surface area contributed by atoms with E-state index < -0.39 is 11.9 Å². The van der Waals surface area contributed by atoms with Crippen LogP contribution in [-0.2, 0) is 9.47 Å². The average molecular weight is 254 g/mol. The van der Waals surface area contributed by atoms with Crippen molar-refractivity contribution in [2.24, 2.45) is 0 Å². The van der Waals surface area contributed by atoms with Crippen molar-refractivity contribution in [2.75, 3.05) is 19.8 Å². The molecular formula is C14H19FO3. The minimum absolute atomic E-state index is 0.0980. The van der Waals surface area contributed by atoms with Crippen LogP contribution in [0.4, 0.5) is 4.39 Å². The van der Waals surface area contributed by atoms with Crippen LogP contribution in [0.5, 0.6) is 0 Å². The number of aliphatic hydroxyl groups excluding tert-OH is 1. The molecule has 1 aromatic carbocycles. The molecule has 1 aliphatic heterocycles. The second kappa shape index (κ2) is 6.83. The fraction of sp³-hybridized carbons (Fsp3) is 0.571. The maximum Gasteiger partial charge on any atom is 0.129 e. The third kappa shape index (κ3) is 3.77. The van der Waals surface area contributed by atoms with Crippen molar-refractivity contribution in [2.45, 2.75) is 31.5 Å². The van der Waals surface area contributed by atoms with Gasteiger partial charge in [0, 0.05) is 12.2 Å². The lowest BCUT2D eigenvalue weighted by molar-refractivity contribution is -0.0578. The van der Waals surface area contributed by atoms with Gasteiger partial charge in [0.25, 0.3) is 0 Å². The molecule has 3 nitrogen and oxygen atoms in total. The summed E-state index contributed by atoms with van der Waals surface area (Å²) in [6, 6.07) is 6.21. The predicted molar refractivity (Wildman–Crippen MR) is 65.8 cm³/mol. The van der Waals surface area contributed by atoms with Crippen molar-refractivity contribution in [1.82, 2.24) is 0 Å². The Balaban J connectivity index is 1.74. The molecule has 1 aliphatic rings. The van der Waals surface area contributed by atoms with Gasteiger partial charge < -0.3 is 14.6 Å². The lowest BCUT2D eigenvalue weighted by atomic mass is 10.1. The van der Waals surface area contributed by atoms with Crippen LogP contribution in [0.3, 0.4) is 0 Å². The largest absolute Gasteiger partial charge is 0.386 e. The van der Waals surface area contributed by atoms with E-state index in [0.29, 0.717) is 6.61 Å². The molecule has 1 N–H and O–H groups in total. The lowest BCUT2D eigenvalue weighted by Crippen LogP contribution is -2.25. The monoisotopic (exact) mass is 254 g/mol. The number of halogens is 1. The van der Waals surface area contributed by atoms with Crippen LogP contribution in [-0.4, -0.2) is 31.0 Å². The molecule has 0 spiro atoms. The Morgan fingerprint density at radius 3 is 2.94 bits per heavy atom. The Hall–Kier alpha value is -0.970. The Morgan fingerprint density at radius 2 is 2.22 bits per heavy atom. The van der Waals surface area contributed by atoms with Crippen LogP contribution < -0.4 is 0 Å². The smallest absolute Gasteiger partial charge is 0.129 e. The SMILES string of the molecule is OC(COCC1CCCCO1)c1ccccc1F. The highest BCUT2D eigenvalue weighted by Gasteiger charge is 2.16. The van der Waals surface area contributed by atoms with Crippen LogP contribution in [0.2, 0.25) is 0 Å². The molecule has 0 aliphatic carbocycles. The van der Waals surface area contributed by atoms with E-state index in [0.717, 1.165) is 25.9 Å². The molecule has 1 heterocycles. The van der Waals surface area contributed by atoms with Crippen molar-refractivity contribution >= 4 is 0 Å².